The molecule has 0 atom stereocenters. The van der Waals surface area contributed by atoms with Gasteiger partial charge in [0.2, 0.25) is 0 Å². The minimum absolute atomic E-state index is 0.314. The van der Waals surface area contributed by atoms with Crippen LogP contribution >= 0.6 is 0 Å². The SMILES string of the molecule is CCCCn1cc(-c2cc3ccccc3cc2C(=O)O)cn1. The molecule has 0 unspecified atom stereocenters. The van der Waals surface area contributed by atoms with Gasteiger partial charge in [-0.25, -0.2) is 4.79 Å². The lowest BCUT2D eigenvalue weighted by atomic mass is 9.97. The Kier molecular flexibility index (Phi) is 3.92. The fraction of sp³-hybridized carbons (Fsp3) is 0.222. The lowest BCUT2D eigenvalue weighted by Crippen LogP contribution is -2.00. The number of hydrogen-bond donors (Lipinski definition) is 1. The molecule has 0 fully saturated rings. The molecule has 3 rings (SSSR count). The van der Waals surface area contributed by atoms with Crippen LogP contribution in [0, 0.1) is 0 Å². The van der Waals surface area contributed by atoms with Crippen LogP contribution in [-0.4, -0.2) is 20.9 Å². The number of unbranched alkanes of at least 4 members (excludes halogenated alkanes) is 1. The molecule has 0 aliphatic carbocycles. The molecule has 0 aliphatic heterocycles. The molecule has 0 aliphatic rings. The number of rotatable bonds is 5. The molecular formula is C18H18N2O2. The number of nitrogens with zero attached hydrogens (tertiary/aromatic N) is 2. The number of aromatic carboxylic acids is 1. The summed E-state index contributed by atoms with van der Waals surface area (Å²) in [4.78, 5) is 11.6. The number of carboxylic acid groups (broad SMARTS) is 1. The van der Waals surface area contributed by atoms with Crippen molar-refractivity contribution >= 4 is 16.7 Å². The van der Waals surface area contributed by atoms with Crippen molar-refractivity contribution < 1.29 is 9.90 Å². The zero-order valence-corrected chi connectivity index (χ0v) is 12.5. The maximum absolute atomic E-state index is 11.6. The molecule has 0 saturated heterocycles. The van der Waals surface area contributed by atoms with Gasteiger partial charge in [0.15, 0.2) is 0 Å². The predicted molar refractivity (Wildman–Crippen MR) is 87.0 cm³/mol. The molecular weight excluding hydrogens is 276 g/mol. The highest BCUT2D eigenvalue weighted by Gasteiger charge is 2.14. The van der Waals surface area contributed by atoms with E-state index >= 15 is 0 Å². The molecule has 0 spiro atoms. The van der Waals surface area contributed by atoms with Crippen LogP contribution in [0.1, 0.15) is 30.1 Å². The summed E-state index contributed by atoms with van der Waals surface area (Å²) in [6.07, 6.45) is 5.83. The van der Waals surface area contributed by atoms with Crippen molar-refractivity contribution in [3.8, 4) is 11.1 Å². The number of hydrogen-bond acceptors (Lipinski definition) is 2. The number of aryl methyl sites for hydroxylation is 1. The molecule has 4 heteroatoms. The Morgan fingerprint density at radius 1 is 1.23 bits per heavy atom. The molecule has 0 saturated carbocycles. The molecule has 0 radical (unpaired) electrons. The van der Waals surface area contributed by atoms with Crippen LogP contribution in [0.25, 0.3) is 21.9 Å². The molecule has 2 aromatic carbocycles. The standard InChI is InChI=1S/C18H18N2O2/c1-2-3-8-20-12-15(11-19-20)16-9-13-6-4-5-7-14(13)10-17(16)18(21)22/h4-7,9-12H,2-3,8H2,1H3,(H,21,22). The van der Waals surface area contributed by atoms with Gasteiger partial charge in [-0.2, -0.15) is 5.10 Å². The number of aromatic nitrogens is 2. The smallest absolute Gasteiger partial charge is 0.336 e. The summed E-state index contributed by atoms with van der Waals surface area (Å²) in [5, 5.41) is 15.8. The summed E-state index contributed by atoms with van der Waals surface area (Å²) in [7, 11) is 0. The highest BCUT2D eigenvalue weighted by atomic mass is 16.4. The fourth-order valence-corrected chi connectivity index (χ4v) is 2.60. The van der Waals surface area contributed by atoms with Gasteiger partial charge in [0.05, 0.1) is 11.8 Å². The molecule has 1 heterocycles. The van der Waals surface area contributed by atoms with E-state index in [2.05, 4.69) is 12.0 Å². The van der Waals surface area contributed by atoms with Crippen LogP contribution < -0.4 is 0 Å². The molecule has 1 N–H and O–H groups in total. The second-order valence-corrected chi connectivity index (χ2v) is 5.40. The van der Waals surface area contributed by atoms with Gasteiger partial charge in [-0.05, 0) is 34.9 Å². The first kappa shape index (κ1) is 14.3. The topological polar surface area (TPSA) is 55.1 Å². The van der Waals surface area contributed by atoms with Crippen LogP contribution in [-0.2, 0) is 6.54 Å². The number of carbonyl (C=O) groups is 1. The maximum Gasteiger partial charge on any atom is 0.336 e. The zero-order chi connectivity index (χ0) is 15.5. The van der Waals surface area contributed by atoms with Crippen LogP contribution in [0.5, 0.6) is 0 Å². The van der Waals surface area contributed by atoms with E-state index in [4.69, 9.17) is 0 Å². The van der Waals surface area contributed by atoms with Crippen LogP contribution in [0.2, 0.25) is 0 Å². The molecule has 22 heavy (non-hydrogen) atoms. The molecule has 1 aromatic heterocycles. The maximum atomic E-state index is 11.6. The third-order valence-electron chi connectivity index (χ3n) is 3.80. The zero-order valence-electron chi connectivity index (χ0n) is 12.5. The van der Waals surface area contributed by atoms with Crippen molar-refractivity contribution in [2.24, 2.45) is 0 Å². The molecule has 0 amide bonds. The minimum Gasteiger partial charge on any atom is -0.478 e. The average Bonchev–Trinajstić information content (AvgIpc) is 3.00. The monoisotopic (exact) mass is 294 g/mol. The first-order valence-electron chi connectivity index (χ1n) is 7.48. The van der Waals surface area contributed by atoms with Crippen molar-refractivity contribution in [3.05, 3.63) is 54.4 Å². The molecule has 0 bridgehead atoms. The summed E-state index contributed by atoms with van der Waals surface area (Å²) < 4.78 is 1.87. The van der Waals surface area contributed by atoms with E-state index in [1.807, 2.05) is 41.2 Å². The Morgan fingerprint density at radius 2 is 1.95 bits per heavy atom. The predicted octanol–water partition coefficient (Wildman–Crippen LogP) is 4.20. The Hall–Kier alpha value is -2.62. The van der Waals surface area contributed by atoms with Gasteiger partial charge >= 0.3 is 5.97 Å². The highest BCUT2D eigenvalue weighted by Crippen LogP contribution is 2.28. The Bertz CT molecular complexity index is 821. The van der Waals surface area contributed by atoms with E-state index in [-0.39, 0.29) is 0 Å². The summed E-state index contributed by atoms with van der Waals surface area (Å²) in [6, 6.07) is 11.5. The van der Waals surface area contributed by atoms with Gasteiger partial charge in [0.25, 0.3) is 0 Å². The van der Waals surface area contributed by atoms with Crippen LogP contribution in [0.4, 0.5) is 0 Å². The van der Waals surface area contributed by atoms with Gasteiger partial charge in [-0.1, -0.05) is 37.6 Å². The van der Waals surface area contributed by atoms with E-state index in [0.29, 0.717) is 11.1 Å². The normalized spacial score (nSPS) is 11.0. The third kappa shape index (κ3) is 2.72. The van der Waals surface area contributed by atoms with E-state index in [1.54, 1.807) is 12.3 Å². The van der Waals surface area contributed by atoms with Gasteiger partial charge in [-0.3, -0.25) is 4.68 Å². The van der Waals surface area contributed by atoms with Crippen LogP contribution in [0.3, 0.4) is 0 Å². The summed E-state index contributed by atoms with van der Waals surface area (Å²) in [6.45, 7) is 2.99. The number of carboxylic acids is 1. The van der Waals surface area contributed by atoms with Crippen molar-refractivity contribution in [2.45, 2.75) is 26.3 Å². The quantitative estimate of drug-likeness (QED) is 0.767. The highest BCUT2D eigenvalue weighted by molar-refractivity contribution is 6.02. The van der Waals surface area contributed by atoms with E-state index in [0.717, 1.165) is 35.7 Å². The average molecular weight is 294 g/mol. The summed E-state index contributed by atoms with van der Waals surface area (Å²) in [5.74, 6) is -0.915. The van der Waals surface area contributed by atoms with Gasteiger partial charge < -0.3 is 5.11 Å². The Labute approximate surface area is 129 Å². The Balaban J connectivity index is 2.10. The van der Waals surface area contributed by atoms with Crippen molar-refractivity contribution in [1.82, 2.24) is 9.78 Å². The van der Waals surface area contributed by atoms with Gasteiger partial charge in [0.1, 0.15) is 0 Å². The molecule has 112 valence electrons. The molecule has 4 nitrogen and oxygen atoms in total. The lowest BCUT2D eigenvalue weighted by molar-refractivity contribution is 0.0698. The molecule has 3 aromatic rings. The van der Waals surface area contributed by atoms with E-state index in [1.165, 1.54) is 0 Å². The van der Waals surface area contributed by atoms with E-state index < -0.39 is 5.97 Å². The third-order valence-corrected chi connectivity index (χ3v) is 3.80. The lowest BCUT2D eigenvalue weighted by Gasteiger charge is -2.07. The van der Waals surface area contributed by atoms with Gasteiger partial charge in [0, 0.05) is 18.3 Å². The van der Waals surface area contributed by atoms with Crippen molar-refractivity contribution in [3.63, 3.8) is 0 Å². The van der Waals surface area contributed by atoms with Crippen LogP contribution in [0.15, 0.2) is 48.8 Å². The van der Waals surface area contributed by atoms with Crippen molar-refractivity contribution in [1.29, 1.82) is 0 Å². The fourth-order valence-electron chi connectivity index (χ4n) is 2.60. The number of benzene rings is 2. The van der Waals surface area contributed by atoms with Gasteiger partial charge in [-0.15, -0.1) is 0 Å². The summed E-state index contributed by atoms with van der Waals surface area (Å²) in [5.41, 5.74) is 1.88. The summed E-state index contributed by atoms with van der Waals surface area (Å²) >= 11 is 0. The first-order chi connectivity index (χ1) is 10.7. The van der Waals surface area contributed by atoms with Crippen molar-refractivity contribution in [2.75, 3.05) is 0 Å². The first-order valence-corrected chi connectivity index (χ1v) is 7.48. The largest absolute Gasteiger partial charge is 0.478 e. The Morgan fingerprint density at radius 3 is 2.64 bits per heavy atom. The number of fused-ring (bicyclic) bond motifs is 1. The second kappa shape index (κ2) is 6.02. The minimum atomic E-state index is -0.915. The second-order valence-electron chi connectivity index (χ2n) is 5.40. The van der Waals surface area contributed by atoms with E-state index in [9.17, 15) is 9.90 Å².